The molecule has 0 amide bonds. The molecule has 3 heteroatoms. The zero-order chi connectivity index (χ0) is 9.68. The molecule has 0 radical (unpaired) electrons. The van der Waals surface area contributed by atoms with E-state index >= 15 is 0 Å². The molecule has 2 nitrogen and oxygen atoms in total. The number of carbonyl (C=O) groups excluding carboxylic acids is 1. The van der Waals surface area contributed by atoms with Crippen molar-refractivity contribution >= 4 is 16.9 Å². The van der Waals surface area contributed by atoms with Crippen LogP contribution >= 0.6 is 11.8 Å². The highest BCUT2D eigenvalue weighted by Gasteiger charge is 2.07. The number of carbonyl (C=O) groups is 1. The van der Waals surface area contributed by atoms with E-state index in [0.29, 0.717) is 5.75 Å². The molecule has 0 atom stereocenters. The van der Waals surface area contributed by atoms with E-state index in [-0.39, 0.29) is 11.0 Å². The van der Waals surface area contributed by atoms with Gasteiger partial charge in [-0.25, -0.2) is 0 Å². The third kappa shape index (κ3) is 3.59. The molecule has 0 saturated heterocycles. The number of hydrogen-bond acceptors (Lipinski definition) is 3. The van der Waals surface area contributed by atoms with Crippen LogP contribution in [0, 0.1) is 5.92 Å². The maximum absolute atomic E-state index is 11.3. The van der Waals surface area contributed by atoms with Crippen molar-refractivity contribution < 1.29 is 4.79 Å². The smallest absolute Gasteiger partial charge is 0.191 e. The van der Waals surface area contributed by atoms with Crippen LogP contribution in [0.4, 0.5) is 0 Å². The van der Waals surface area contributed by atoms with Gasteiger partial charge in [0, 0.05) is 17.9 Å². The Morgan fingerprint density at radius 1 is 1.54 bits per heavy atom. The van der Waals surface area contributed by atoms with Crippen LogP contribution in [0.2, 0.25) is 0 Å². The van der Waals surface area contributed by atoms with Crippen molar-refractivity contribution in [2.24, 2.45) is 5.92 Å². The monoisotopic (exact) mass is 195 g/mol. The molecule has 1 aromatic heterocycles. The van der Waals surface area contributed by atoms with Crippen LogP contribution in [0.25, 0.3) is 0 Å². The number of aromatic nitrogens is 1. The number of pyridine rings is 1. The first-order valence-corrected chi connectivity index (χ1v) is 5.25. The van der Waals surface area contributed by atoms with Crippen LogP contribution in [-0.2, 0) is 10.5 Å². The third-order valence-electron chi connectivity index (χ3n) is 1.56. The minimum Gasteiger partial charge on any atom is -0.287 e. The van der Waals surface area contributed by atoms with Gasteiger partial charge in [0.2, 0.25) is 0 Å². The molecule has 70 valence electrons. The molecule has 1 rings (SSSR count). The van der Waals surface area contributed by atoms with Gasteiger partial charge in [-0.1, -0.05) is 31.7 Å². The summed E-state index contributed by atoms with van der Waals surface area (Å²) in [4.78, 5) is 15.4. The number of thioether (sulfide) groups is 1. The topological polar surface area (TPSA) is 30.0 Å². The van der Waals surface area contributed by atoms with Gasteiger partial charge < -0.3 is 0 Å². The minimum atomic E-state index is 0.105. The Balaban J connectivity index is 2.40. The molecule has 0 fully saturated rings. The highest BCUT2D eigenvalue weighted by molar-refractivity contribution is 8.13. The molecule has 1 aromatic rings. The van der Waals surface area contributed by atoms with Crippen molar-refractivity contribution in [2.45, 2.75) is 19.6 Å². The summed E-state index contributed by atoms with van der Waals surface area (Å²) in [6.45, 7) is 3.82. The first-order valence-electron chi connectivity index (χ1n) is 4.26. The second-order valence-corrected chi connectivity index (χ2v) is 4.06. The fraction of sp³-hybridized carbons (Fsp3) is 0.400. The quantitative estimate of drug-likeness (QED) is 0.742. The van der Waals surface area contributed by atoms with Crippen molar-refractivity contribution in [3.8, 4) is 0 Å². The van der Waals surface area contributed by atoms with Gasteiger partial charge in [0.05, 0.1) is 5.69 Å². The summed E-state index contributed by atoms with van der Waals surface area (Å²) >= 11 is 1.34. The third-order valence-corrected chi connectivity index (χ3v) is 2.76. The molecule has 0 spiro atoms. The molecule has 0 unspecified atom stereocenters. The lowest BCUT2D eigenvalue weighted by molar-refractivity contribution is -0.113. The van der Waals surface area contributed by atoms with Gasteiger partial charge in [-0.15, -0.1) is 0 Å². The molecule has 0 aliphatic heterocycles. The van der Waals surface area contributed by atoms with Gasteiger partial charge >= 0.3 is 0 Å². The van der Waals surface area contributed by atoms with Gasteiger partial charge in [0.1, 0.15) is 0 Å². The number of hydrogen-bond donors (Lipinski definition) is 0. The largest absolute Gasteiger partial charge is 0.287 e. The van der Waals surface area contributed by atoms with E-state index in [2.05, 4.69) is 4.98 Å². The van der Waals surface area contributed by atoms with Crippen LogP contribution in [0.15, 0.2) is 24.4 Å². The van der Waals surface area contributed by atoms with Crippen molar-refractivity contribution in [1.29, 1.82) is 0 Å². The van der Waals surface area contributed by atoms with E-state index in [1.54, 1.807) is 6.20 Å². The van der Waals surface area contributed by atoms with E-state index in [9.17, 15) is 4.79 Å². The average molecular weight is 195 g/mol. The average Bonchev–Trinajstić information content (AvgIpc) is 2.15. The summed E-state index contributed by atoms with van der Waals surface area (Å²) in [6.07, 6.45) is 1.75. The highest BCUT2D eigenvalue weighted by Crippen LogP contribution is 2.15. The van der Waals surface area contributed by atoms with Gasteiger partial charge in [-0.3, -0.25) is 9.78 Å². The summed E-state index contributed by atoms with van der Waals surface area (Å²) in [5.74, 6) is 0.784. The molecule has 0 aliphatic carbocycles. The Hall–Kier alpha value is -0.830. The normalized spacial score (nSPS) is 10.4. The van der Waals surface area contributed by atoms with Gasteiger partial charge in [-0.05, 0) is 12.1 Å². The summed E-state index contributed by atoms with van der Waals surface area (Å²) < 4.78 is 0. The van der Waals surface area contributed by atoms with Gasteiger partial charge in [-0.2, -0.15) is 0 Å². The lowest BCUT2D eigenvalue weighted by atomic mass is 10.3. The Kier molecular flexibility index (Phi) is 3.96. The van der Waals surface area contributed by atoms with E-state index in [1.807, 2.05) is 32.0 Å². The zero-order valence-electron chi connectivity index (χ0n) is 7.86. The molecule has 0 aromatic carbocycles. The van der Waals surface area contributed by atoms with E-state index in [0.717, 1.165) is 5.69 Å². The fourth-order valence-electron chi connectivity index (χ4n) is 0.795. The van der Waals surface area contributed by atoms with Crippen LogP contribution < -0.4 is 0 Å². The predicted molar refractivity (Wildman–Crippen MR) is 55.4 cm³/mol. The van der Waals surface area contributed by atoms with Crippen molar-refractivity contribution in [2.75, 3.05) is 0 Å². The second-order valence-electron chi connectivity index (χ2n) is 3.08. The molecule has 13 heavy (non-hydrogen) atoms. The lowest BCUT2D eigenvalue weighted by Gasteiger charge is -2.02. The standard InChI is InChI=1S/C10H13NOS/c1-8(2)10(12)13-7-9-5-3-4-6-11-9/h3-6,8H,7H2,1-2H3. The lowest BCUT2D eigenvalue weighted by Crippen LogP contribution is -2.02. The van der Waals surface area contributed by atoms with Crippen LogP contribution in [0.1, 0.15) is 19.5 Å². The summed E-state index contributed by atoms with van der Waals surface area (Å²) in [6, 6.07) is 5.74. The molecular formula is C10H13NOS. The maximum Gasteiger partial charge on any atom is 0.191 e. The Bertz CT molecular complexity index is 272. The summed E-state index contributed by atoms with van der Waals surface area (Å²) in [5.41, 5.74) is 0.960. The van der Waals surface area contributed by atoms with Crippen LogP contribution in [-0.4, -0.2) is 10.1 Å². The van der Waals surface area contributed by atoms with E-state index in [1.165, 1.54) is 11.8 Å². The Labute approximate surface area is 82.8 Å². The molecule has 0 saturated carbocycles. The first kappa shape index (κ1) is 10.3. The minimum absolute atomic E-state index is 0.105. The molecule has 0 aliphatic rings. The first-order chi connectivity index (χ1) is 6.20. The van der Waals surface area contributed by atoms with Crippen LogP contribution in [0.5, 0.6) is 0 Å². The zero-order valence-corrected chi connectivity index (χ0v) is 8.67. The van der Waals surface area contributed by atoms with Crippen LogP contribution in [0.3, 0.4) is 0 Å². The second kappa shape index (κ2) is 5.02. The number of nitrogens with zero attached hydrogens (tertiary/aromatic N) is 1. The summed E-state index contributed by atoms with van der Waals surface area (Å²) in [7, 11) is 0. The molecule has 0 bridgehead atoms. The fourth-order valence-corrected chi connectivity index (χ4v) is 1.59. The van der Waals surface area contributed by atoms with Crippen molar-refractivity contribution in [1.82, 2.24) is 4.98 Å². The van der Waals surface area contributed by atoms with E-state index in [4.69, 9.17) is 0 Å². The van der Waals surface area contributed by atoms with Crippen molar-refractivity contribution in [3.63, 3.8) is 0 Å². The number of rotatable bonds is 3. The summed E-state index contributed by atoms with van der Waals surface area (Å²) in [5, 5.41) is 0.227. The van der Waals surface area contributed by atoms with Crippen molar-refractivity contribution in [3.05, 3.63) is 30.1 Å². The molecule has 0 N–H and O–H groups in total. The Morgan fingerprint density at radius 3 is 2.85 bits per heavy atom. The van der Waals surface area contributed by atoms with Gasteiger partial charge in [0.15, 0.2) is 5.12 Å². The predicted octanol–water partition coefficient (Wildman–Crippen LogP) is 2.50. The molecule has 1 heterocycles. The molecular weight excluding hydrogens is 182 g/mol. The van der Waals surface area contributed by atoms with E-state index < -0.39 is 0 Å². The Morgan fingerprint density at radius 2 is 2.31 bits per heavy atom. The van der Waals surface area contributed by atoms with Gasteiger partial charge in [0.25, 0.3) is 0 Å². The maximum atomic E-state index is 11.3. The SMILES string of the molecule is CC(C)C(=O)SCc1ccccn1. The highest BCUT2D eigenvalue weighted by atomic mass is 32.2.